The normalized spacial score (nSPS) is 17.1. The largest absolute Gasteiger partial charge is 0.325 e. The van der Waals surface area contributed by atoms with Crippen LogP contribution in [0.4, 0.5) is 5.69 Å². The fourth-order valence-electron chi connectivity index (χ4n) is 4.63. The molecule has 1 fully saturated rings. The first-order valence-electron chi connectivity index (χ1n) is 10.9. The van der Waals surface area contributed by atoms with Gasteiger partial charge in [-0.2, -0.15) is 0 Å². The molecule has 1 saturated carbocycles. The van der Waals surface area contributed by atoms with Gasteiger partial charge in [-0.1, -0.05) is 37.5 Å². The van der Waals surface area contributed by atoms with Gasteiger partial charge in [-0.25, -0.2) is 0 Å². The van der Waals surface area contributed by atoms with Crippen LogP contribution in [-0.4, -0.2) is 34.7 Å². The molecule has 4 rings (SSSR count). The van der Waals surface area contributed by atoms with Gasteiger partial charge in [0.15, 0.2) is 5.78 Å². The summed E-state index contributed by atoms with van der Waals surface area (Å²) in [6.45, 7) is 0.736. The minimum absolute atomic E-state index is 0.0144. The molecule has 2 aliphatic carbocycles. The number of benzene rings is 1. The van der Waals surface area contributed by atoms with Crippen molar-refractivity contribution in [2.24, 2.45) is 0 Å². The molecule has 0 aliphatic heterocycles. The second kappa shape index (κ2) is 8.96. The molecule has 1 amide bonds. The summed E-state index contributed by atoms with van der Waals surface area (Å²) in [6, 6.07) is 9.73. The topological polar surface area (TPSA) is 82.3 Å². The molecule has 30 heavy (non-hydrogen) atoms. The molecule has 6 nitrogen and oxygen atoms in total. The van der Waals surface area contributed by atoms with Crippen LogP contribution in [0.2, 0.25) is 0 Å². The van der Waals surface area contributed by atoms with Crippen LogP contribution in [0.5, 0.6) is 0 Å². The number of rotatable bonds is 5. The van der Waals surface area contributed by atoms with Crippen molar-refractivity contribution in [3.8, 4) is 0 Å². The Morgan fingerprint density at radius 1 is 1.10 bits per heavy atom. The Morgan fingerprint density at radius 3 is 2.67 bits per heavy atom. The number of Topliss-reactive ketones (excluding diaryl/α,β-unsaturated/α-hetero) is 1. The van der Waals surface area contributed by atoms with Crippen molar-refractivity contribution < 1.29 is 9.59 Å². The minimum Gasteiger partial charge on any atom is -0.325 e. The van der Waals surface area contributed by atoms with Crippen LogP contribution in [0.25, 0.3) is 0 Å². The number of hydrogen-bond donors (Lipinski definition) is 2. The van der Waals surface area contributed by atoms with Crippen LogP contribution < -0.4 is 10.9 Å². The van der Waals surface area contributed by atoms with E-state index in [9.17, 15) is 14.4 Å². The Morgan fingerprint density at radius 2 is 1.87 bits per heavy atom. The molecule has 2 aliphatic rings. The Balaban J connectivity index is 1.53. The maximum Gasteiger partial charge on any atom is 0.261 e. The van der Waals surface area contributed by atoms with E-state index in [0.717, 1.165) is 18.5 Å². The first kappa shape index (κ1) is 20.5. The molecule has 0 radical (unpaired) electrons. The van der Waals surface area contributed by atoms with Gasteiger partial charge in [0, 0.05) is 36.0 Å². The Hall–Kier alpha value is -2.73. The Kier molecular flexibility index (Phi) is 6.13. The lowest BCUT2D eigenvalue weighted by Crippen LogP contribution is -2.33. The fourth-order valence-corrected chi connectivity index (χ4v) is 4.63. The molecule has 0 spiro atoms. The molecule has 1 aromatic heterocycles. The lowest BCUT2D eigenvalue weighted by molar-refractivity contribution is 0.0971. The summed E-state index contributed by atoms with van der Waals surface area (Å²) in [5.41, 5.74) is 2.37. The predicted molar refractivity (Wildman–Crippen MR) is 117 cm³/mol. The number of para-hydroxylation sites is 1. The zero-order valence-electron chi connectivity index (χ0n) is 17.5. The second-order valence-corrected chi connectivity index (χ2v) is 8.50. The molecular formula is C24H29N3O3. The van der Waals surface area contributed by atoms with Gasteiger partial charge in [0.1, 0.15) is 5.56 Å². The number of aromatic amines is 1. The second-order valence-electron chi connectivity index (χ2n) is 8.50. The number of H-pyrrole nitrogens is 1. The average Bonchev–Trinajstić information content (AvgIpc) is 2.75. The van der Waals surface area contributed by atoms with E-state index in [1.165, 1.54) is 38.2 Å². The summed E-state index contributed by atoms with van der Waals surface area (Å²) in [5, 5.41) is 2.90. The monoisotopic (exact) mass is 407 g/mol. The Bertz CT molecular complexity index is 1000. The van der Waals surface area contributed by atoms with E-state index >= 15 is 0 Å². The number of carbonyl (C=O) groups is 2. The molecule has 0 saturated heterocycles. The maximum absolute atomic E-state index is 12.9. The molecule has 0 bridgehead atoms. The number of carbonyl (C=O) groups excluding carboxylic acids is 2. The third kappa shape index (κ3) is 4.38. The quantitative estimate of drug-likeness (QED) is 0.787. The SMILES string of the molecule is CN(Cc1ccccc1NC(=O)c1cc2c([nH]c1=O)CCCC2=O)C1CCCCC1. The molecule has 1 heterocycles. The molecule has 0 unspecified atom stereocenters. The summed E-state index contributed by atoms with van der Waals surface area (Å²) in [7, 11) is 2.13. The van der Waals surface area contributed by atoms with Crippen LogP contribution in [0.15, 0.2) is 35.1 Å². The summed E-state index contributed by atoms with van der Waals surface area (Å²) in [5.74, 6) is -0.499. The van der Waals surface area contributed by atoms with Gasteiger partial charge in [0.05, 0.1) is 0 Å². The highest BCUT2D eigenvalue weighted by Gasteiger charge is 2.23. The van der Waals surface area contributed by atoms with Crippen molar-refractivity contribution in [2.75, 3.05) is 12.4 Å². The van der Waals surface area contributed by atoms with Crippen LogP contribution >= 0.6 is 0 Å². The first-order chi connectivity index (χ1) is 14.5. The first-order valence-corrected chi connectivity index (χ1v) is 10.9. The molecule has 0 atom stereocenters. The van der Waals surface area contributed by atoms with Crippen LogP contribution in [0, 0.1) is 0 Å². The predicted octanol–water partition coefficient (Wildman–Crippen LogP) is 3.91. The van der Waals surface area contributed by atoms with E-state index in [1.807, 2.05) is 24.3 Å². The van der Waals surface area contributed by atoms with Crippen LogP contribution in [-0.2, 0) is 13.0 Å². The van der Waals surface area contributed by atoms with E-state index in [2.05, 4.69) is 22.2 Å². The molecule has 1 aromatic carbocycles. The van der Waals surface area contributed by atoms with Crippen molar-refractivity contribution in [1.29, 1.82) is 0 Å². The van der Waals surface area contributed by atoms with Gasteiger partial charge in [-0.15, -0.1) is 0 Å². The van der Waals surface area contributed by atoms with E-state index in [4.69, 9.17) is 0 Å². The number of aromatic nitrogens is 1. The van der Waals surface area contributed by atoms with E-state index in [0.29, 0.717) is 35.8 Å². The van der Waals surface area contributed by atoms with Crippen molar-refractivity contribution in [3.63, 3.8) is 0 Å². The summed E-state index contributed by atoms with van der Waals surface area (Å²) >= 11 is 0. The average molecular weight is 408 g/mol. The zero-order valence-corrected chi connectivity index (χ0v) is 17.5. The summed E-state index contributed by atoms with van der Waals surface area (Å²) in [4.78, 5) is 42.7. The molecular weight excluding hydrogens is 378 g/mol. The number of ketones is 1. The summed E-state index contributed by atoms with van der Waals surface area (Å²) < 4.78 is 0. The van der Waals surface area contributed by atoms with E-state index in [-0.39, 0.29) is 11.3 Å². The summed E-state index contributed by atoms with van der Waals surface area (Å²) in [6.07, 6.45) is 8.13. The molecule has 158 valence electrons. The van der Waals surface area contributed by atoms with Gasteiger partial charge < -0.3 is 10.3 Å². The van der Waals surface area contributed by atoms with Crippen molar-refractivity contribution in [3.05, 3.63) is 63.1 Å². The fraction of sp³-hybridized carbons (Fsp3) is 0.458. The number of nitrogens with zero attached hydrogens (tertiary/aromatic N) is 1. The zero-order chi connectivity index (χ0) is 21.1. The van der Waals surface area contributed by atoms with Gasteiger partial charge in [0.2, 0.25) is 0 Å². The number of anilines is 1. The van der Waals surface area contributed by atoms with Crippen LogP contribution in [0.3, 0.4) is 0 Å². The number of fused-ring (bicyclic) bond motifs is 1. The Labute approximate surface area is 176 Å². The highest BCUT2D eigenvalue weighted by atomic mass is 16.2. The number of hydrogen-bond acceptors (Lipinski definition) is 4. The third-order valence-electron chi connectivity index (χ3n) is 6.38. The van der Waals surface area contributed by atoms with E-state index in [1.54, 1.807) is 0 Å². The standard InChI is InChI=1S/C24H29N3O3/c1-27(17-9-3-2-4-10-17)15-16-8-5-6-11-20(16)25-23(29)19-14-18-21(26-24(19)30)12-7-13-22(18)28/h5-6,8,11,14,17H,2-4,7,9-10,12-13,15H2,1H3,(H,25,29)(H,26,30). The van der Waals surface area contributed by atoms with Gasteiger partial charge in [0.25, 0.3) is 11.5 Å². The van der Waals surface area contributed by atoms with Gasteiger partial charge >= 0.3 is 0 Å². The van der Waals surface area contributed by atoms with Gasteiger partial charge in [-0.3, -0.25) is 19.3 Å². The number of aryl methyl sites for hydroxylation is 1. The smallest absolute Gasteiger partial charge is 0.261 e. The number of amides is 1. The number of pyridine rings is 1. The maximum atomic E-state index is 12.9. The minimum atomic E-state index is -0.481. The molecule has 2 N–H and O–H groups in total. The highest BCUT2D eigenvalue weighted by Crippen LogP contribution is 2.25. The van der Waals surface area contributed by atoms with Crippen molar-refractivity contribution >= 4 is 17.4 Å². The molecule has 2 aromatic rings. The van der Waals surface area contributed by atoms with Crippen molar-refractivity contribution in [1.82, 2.24) is 9.88 Å². The van der Waals surface area contributed by atoms with Gasteiger partial charge in [-0.05, 0) is 50.4 Å². The lowest BCUT2D eigenvalue weighted by Gasteiger charge is -2.31. The number of nitrogens with one attached hydrogen (secondary N) is 2. The highest BCUT2D eigenvalue weighted by molar-refractivity contribution is 6.06. The van der Waals surface area contributed by atoms with E-state index < -0.39 is 11.5 Å². The third-order valence-corrected chi connectivity index (χ3v) is 6.38. The van der Waals surface area contributed by atoms with Crippen LogP contribution in [0.1, 0.15) is 76.9 Å². The molecule has 6 heteroatoms. The lowest BCUT2D eigenvalue weighted by atomic mass is 9.93. The van der Waals surface area contributed by atoms with Crippen molar-refractivity contribution in [2.45, 2.75) is 64.0 Å².